The Kier molecular flexibility index (Phi) is 6.49. The van der Waals surface area contributed by atoms with Crippen molar-refractivity contribution in [2.24, 2.45) is 0 Å². The van der Waals surface area contributed by atoms with Crippen LogP contribution in [0.1, 0.15) is 13.8 Å². The second-order valence-corrected chi connectivity index (χ2v) is 7.35. The van der Waals surface area contributed by atoms with Gasteiger partial charge in [-0.05, 0) is 50.2 Å². The number of ether oxygens (including phenoxy) is 1. The summed E-state index contributed by atoms with van der Waals surface area (Å²) in [7, 11) is 0. The lowest BCUT2D eigenvalue weighted by atomic mass is 10.2. The van der Waals surface area contributed by atoms with E-state index < -0.39 is 11.2 Å². The lowest BCUT2D eigenvalue weighted by Gasteiger charge is -2.14. The first-order valence-corrected chi connectivity index (χ1v) is 9.87. The summed E-state index contributed by atoms with van der Waals surface area (Å²) in [4.78, 5) is 24.2. The van der Waals surface area contributed by atoms with Crippen molar-refractivity contribution in [1.29, 1.82) is 0 Å². The number of aromatic nitrogens is 3. The molecule has 0 radical (unpaired) electrons. The van der Waals surface area contributed by atoms with E-state index in [0.717, 1.165) is 23.0 Å². The van der Waals surface area contributed by atoms with Crippen LogP contribution >= 0.6 is 23.4 Å². The van der Waals surface area contributed by atoms with Gasteiger partial charge in [0.25, 0.3) is 0 Å². The van der Waals surface area contributed by atoms with Crippen molar-refractivity contribution in [2.75, 3.05) is 6.61 Å². The molecule has 8 heteroatoms. The van der Waals surface area contributed by atoms with Crippen LogP contribution in [0.4, 0.5) is 0 Å². The van der Waals surface area contributed by atoms with Crippen molar-refractivity contribution < 1.29 is 14.3 Å². The van der Waals surface area contributed by atoms with E-state index >= 15 is 0 Å². The lowest BCUT2D eigenvalue weighted by Crippen LogP contribution is -2.27. The molecule has 0 amide bonds. The predicted molar refractivity (Wildman–Crippen MR) is 109 cm³/mol. The maximum atomic E-state index is 12.2. The van der Waals surface area contributed by atoms with Crippen molar-refractivity contribution >= 4 is 35.1 Å². The Bertz CT molecular complexity index is 974. The molecule has 3 rings (SSSR count). The van der Waals surface area contributed by atoms with E-state index in [0.29, 0.717) is 16.0 Å². The number of Topliss-reactive ketones (excluding diaryl/α,β-unsaturated/α-hetero) is 1. The quantitative estimate of drug-likeness (QED) is 0.327. The van der Waals surface area contributed by atoms with Gasteiger partial charge in [-0.25, -0.2) is 0 Å². The first-order valence-electron chi connectivity index (χ1n) is 8.61. The van der Waals surface area contributed by atoms with Crippen LogP contribution in [-0.2, 0) is 14.3 Å². The Hall–Kier alpha value is -2.64. The molecule has 1 aromatic heterocycles. The second-order valence-electron chi connectivity index (χ2n) is 5.84. The normalized spacial score (nSPS) is 11.8. The lowest BCUT2D eigenvalue weighted by molar-refractivity contribution is -0.144. The van der Waals surface area contributed by atoms with Crippen molar-refractivity contribution in [3.63, 3.8) is 0 Å². The van der Waals surface area contributed by atoms with E-state index in [1.54, 1.807) is 19.1 Å². The van der Waals surface area contributed by atoms with Gasteiger partial charge in [0.15, 0.2) is 22.0 Å². The predicted octanol–water partition coefficient (Wildman–Crippen LogP) is 4.20. The molecule has 0 fully saturated rings. The molecule has 1 heterocycles. The average Bonchev–Trinajstić information content (AvgIpc) is 3.11. The number of carbonyl (C=O) groups is 2. The minimum Gasteiger partial charge on any atom is -0.465 e. The van der Waals surface area contributed by atoms with Gasteiger partial charge in [0.05, 0.1) is 6.61 Å². The van der Waals surface area contributed by atoms with Crippen molar-refractivity contribution in [1.82, 2.24) is 14.8 Å². The summed E-state index contributed by atoms with van der Waals surface area (Å²) >= 11 is 7.02. The summed E-state index contributed by atoms with van der Waals surface area (Å²) in [6.07, 6.45) is 0. The third kappa shape index (κ3) is 4.43. The number of thioether (sulfide) groups is 1. The van der Waals surface area contributed by atoms with Crippen LogP contribution in [-0.4, -0.2) is 38.4 Å². The van der Waals surface area contributed by atoms with Crippen LogP contribution in [0, 0.1) is 0 Å². The molecular weight excluding hydrogens is 398 g/mol. The molecule has 0 saturated carbocycles. The van der Waals surface area contributed by atoms with Gasteiger partial charge >= 0.3 is 5.97 Å². The molecule has 28 heavy (non-hydrogen) atoms. The first kappa shape index (κ1) is 20.1. The fourth-order valence-corrected chi connectivity index (χ4v) is 3.61. The number of rotatable bonds is 7. The Morgan fingerprint density at radius 2 is 1.79 bits per heavy atom. The van der Waals surface area contributed by atoms with Crippen LogP contribution < -0.4 is 0 Å². The van der Waals surface area contributed by atoms with Gasteiger partial charge < -0.3 is 4.74 Å². The number of esters is 1. The highest BCUT2D eigenvalue weighted by Gasteiger charge is 2.29. The van der Waals surface area contributed by atoms with Crippen LogP contribution in [0.5, 0.6) is 0 Å². The summed E-state index contributed by atoms with van der Waals surface area (Å²) in [5.41, 5.74) is 1.62. The number of halogens is 1. The van der Waals surface area contributed by atoms with Gasteiger partial charge in [-0.1, -0.05) is 41.6 Å². The Labute approximate surface area is 171 Å². The van der Waals surface area contributed by atoms with Gasteiger partial charge in [-0.15, -0.1) is 10.2 Å². The minimum atomic E-state index is -1.01. The zero-order chi connectivity index (χ0) is 20.1. The van der Waals surface area contributed by atoms with E-state index in [-0.39, 0.29) is 12.4 Å². The Morgan fingerprint density at radius 3 is 2.39 bits per heavy atom. The molecule has 0 aliphatic carbocycles. The number of benzene rings is 2. The zero-order valence-corrected chi connectivity index (χ0v) is 16.9. The van der Waals surface area contributed by atoms with Crippen LogP contribution in [0.25, 0.3) is 17.1 Å². The maximum absolute atomic E-state index is 12.2. The number of carbonyl (C=O) groups excluding carboxylic acids is 2. The molecule has 6 nitrogen and oxygen atoms in total. The molecule has 0 unspecified atom stereocenters. The first-order chi connectivity index (χ1) is 13.5. The SMILES string of the molecule is CCOC(=O)[C@@H](Sc1nnc(-c2ccc(Cl)cc2)n1-c1ccccc1)C(C)=O. The zero-order valence-electron chi connectivity index (χ0n) is 15.3. The van der Waals surface area contributed by atoms with Gasteiger partial charge in [0.1, 0.15) is 0 Å². The molecule has 2 aromatic carbocycles. The monoisotopic (exact) mass is 415 g/mol. The average molecular weight is 416 g/mol. The fourth-order valence-electron chi connectivity index (χ4n) is 2.56. The number of para-hydroxylation sites is 1. The van der Waals surface area contributed by atoms with Crippen molar-refractivity contribution in [3.8, 4) is 17.1 Å². The van der Waals surface area contributed by atoms with Gasteiger partial charge in [-0.3, -0.25) is 14.2 Å². The summed E-state index contributed by atoms with van der Waals surface area (Å²) in [6, 6.07) is 16.7. The largest absolute Gasteiger partial charge is 0.465 e. The van der Waals surface area contributed by atoms with Gasteiger partial charge in [0.2, 0.25) is 0 Å². The van der Waals surface area contributed by atoms with Gasteiger partial charge in [0, 0.05) is 16.3 Å². The maximum Gasteiger partial charge on any atom is 0.327 e. The number of nitrogens with zero attached hydrogens (tertiary/aromatic N) is 3. The molecule has 0 aliphatic heterocycles. The van der Waals surface area contributed by atoms with Crippen molar-refractivity contribution in [2.45, 2.75) is 24.3 Å². The Balaban J connectivity index is 2.07. The Morgan fingerprint density at radius 1 is 1.11 bits per heavy atom. The smallest absolute Gasteiger partial charge is 0.327 e. The molecule has 1 atom stereocenters. The van der Waals surface area contributed by atoms with E-state index in [1.807, 2.05) is 47.0 Å². The molecule has 0 bridgehead atoms. The molecule has 144 valence electrons. The van der Waals surface area contributed by atoms with Crippen LogP contribution in [0.2, 0.25) is 5.02 Å². The highest BCUT2D eigenvalue weighted by molar-refractivity contribution is 8.01. The number of hydrogen-bond acceptors (Lipinski definition) is 6. The summed E-state index contributed by atoms with van der Waals surface area (Å²) in [6.45, 7) is 3.26. The molecule has 0 spiro atoms. The molecular formula is C20H18ClN3O3S. The summed E-state index contributed by atoms with van der Waals surface area (Å²) in [5.74, 6) is -0.314. The van der Waals surface area contributed by atoms with E-state index in [2.05, 4.69) is 10.2 Å². The second kappa shape index (κ2) is 9.03. The fraction of sp³-hybridized carbons (Fsp3) is 0.200. The summed E-state index contributed by atoms with van der Waals surface area (Å²) < 4.78 is 6.84. The minimum absolute atomic E-state index is 0.199. The van der Waals surface area contributed by atoms with Crippen LogP contribution in [0.3, 0.4) is 0 Å². The van der Waals surface area contributed by atoms with E-state index in [4.69, 9.17) is 16.3 Å². The standard InChI is InChI=1S/C20H18ClN3O3S/c1-3-27-19(26)17(13(2)25)28-20-23-22-18(14-9-11-15(21)12-10-14)24(20)16-7-5-4-6-8-16/h4-12,17H,3H2,1-2H3/t17-/m0/s1. The molecule has 0 aliphatic rings. The highest BCUT2D eigenvalue weighted by Crippen LogP contribution is 2.31. The molecule has 0 saturated heterocycles. The third-order valence-corrected chi connectivity index (χ3v) is 5.33. The number of ketones is 1. The topological polar surface area (TPSA) is 74.1 Å². The molecule has 3 aromatic rings. The highest BCUT2D eigenvalue weighted by atomic mass is 35.5. The van der Waals surface area contributed by atoms with Crippen molar-refractivity contribution in [3.05, 3.63) is 59.6 Å². The van der Waals surface area contributed by atoms with E-state index in [1.165, 1.54) is 6.92 Å². The third-order valence-electron chi connectivity index (χ3n) is 3.84. The van der Waals surface area contributed by atoms with Crippen LogP contribution in [0.15, 0.2) is 59.8 Å². The molecule has 0 N–H and O–H groups in total. The van der Waals surface area contributed by atoms with E-state index in [9.17, 15) is 9.59 Å². The van der Waals surface area contributed by atoms with Gasteiger partial charge in [-0.2, -0.15) is 0 Å². The number of hydrogen-bond donors (Lipinski definition) is 0. The summed E-state index contributed by atoms with van der Waals surface area (Å²) in [5, 5.41) is 8.56.